The third-order valence-corrected chi connectivity index (χ3v) is 4.53. The van der Waals surface area contributed by atoms with Gasteiger partial charge in [-0.15, -0.1) is 0 Å². The topological polar surface area (TPSA) is 83.3 Å². The number of carbonyl (C=O) groups is 2. The number of ether oxygens (including phenoxy) is 1. The zero-order chi connectivity index (χ0) is 17.4. The van der Waals surface area contributed by atoms with Crippen molar-refractivity contribution in [2.24, 2.45) is 5.41 Å². The fraction of sp³-hybridized carbons (Fsp3) is 0.444. The molecule has 1 aliphatic carbocycles. The summed E-state index contributed by atoms with van der Waals surface area (Å²) in [5, 5.41) is 9.28. The summed E-state index contributed by atoms with van der Waals surface area (Å²) >= 11 is 0. The molecule has 0 N–H and O–H groups in total. The molecular formula is C18H19N3O3. The molecule has 1 aromatic heterocycles. The molecule has 0 saturated carbocycles. The molecule has 24 heavy (non-hydrogen) atoms. The molecule has 6 heteroatoms. The number of carbonyl (C=O) groups excluding carboxylic acids is 2. The third-order valence-electron chi connectivity index (χ3n) is 4.53. The maximum Gasteiger partial charge on any atom is 0.255 e. The molecular weight excluding hydrogens is 306 g/mol. The zero-order valence-corrected chi connectivity index (χ0v) is 13.8. The highest BCUT2D eigenvalue weighted by molar-refractivity contribution is 6.04. The average molecular weight is 325 g/mol. The van der Waals surface area contributed by atoms with Gasteiger partial charge in [-0.2, -0.15) is 5.26 Å². The van der Waals surface area contributed by atoms with Gasteiger partial charge in [0.1, 0.15) is 11.7 Å². The van der Waals surface area contributed by atoms with Gasteiger partial charge in [0, 0.05) is 24.4 Å². The lowest BCUT2D eigenvalue weighted by Crippen LogP contribution is -2.57. The Morgan fingerprint density at radius 2 is 2.25 bits per heavy atom. The first-order chi connectivity index (χ1) is 11.4. The molecule has 1 aromatic rings. The second kappa shape index (κ2) is 5.84. The van der Waals surface area contributed by atoms with E-state index < -0.39 is 11.0 Å². The predicted octanol–water partition coefficient (Wildman–Crippen LogP) is 1.74. The number of morpholine rings is 1. The Morgan fingerprint density at radius 1 is 1.46 bits per heavy atom. The Balaban J connectivity index is 1.90. The van der Waals surface area contributed by atoms with Crippen LogP contribution in [0.4, 0.5) is 0 Å². The number of nitriles is 1. The van der Waals surface area contributed by atoms with E-state index in [9.17, 15) is 14.9 Å². The van der Waals surface area contributed by atoms with Crippen LogP contribution in [0.1, 0.15) is 30.6 Å². The summed E-state index contributed by atoms with van der Waals surface area (Å²) in [6, 6.07) is 5.42. The molecule has 2 aliphatic rings. The smallest absolute Gasteiger partial charge is 0.255 e. The molecule has 1 amide bonds. The number of amides is 1. The highest BCUT2D eigenvalue weighted by atomic mass is 16.5. The Bertz CT molecular complexity index is 749. The Labute approximate surface area is 140 Å². The summed E-state index contributed by atoms with van der Waals surface area (Å²) in [5.74, 6) is -0.290. The maximum atomic E-state index is 12.7. The van der Waals surface area contributed by atoms with Crippen LogP contribution in [0.5, 0.6) is 0 Å². The molecule has 2 heterocycles. The third kappa shape index (κ3) is 2.83. The molecule has 1 spiro atoms. The van der Waals surface area contributed by atoms with E-state index in [-0.39, 0.29) is 17.3 Å². The summed E-state index contributed by atoms with van der Waals surface area (Å²) in [6.07, 6.45) is 5.20. The number of ketones is 1. The van der Waals surface area contributed by atoms with Crippen molar-refractivity contribution >= 4 is 11.7 Å². The molecule has 1 unspecified atom stereocenters. The number of allylic oxidation sites excluding steroid dienone is 1. The van der Waals surface area contributed by atoms with Crippen LogP contribution < -0.4 is 0 Å². The maximum absolute atomic E-state index is 12.7. The first kappa shape index (κ1) is 16.3. The molecule has 0 radical (unpaired) electrons. The fourth-order valence-electron chi connectivity index (χ4n) is 3.50. The van der Waals surface area contributed by atoms with Crippen LogP contribution in [0.2, 0.25) is 0 Å². The number of hydrogen-bond donors (Lipinski definition) is 0. The van der Waals surface area contributed by atoms with Gasteiger partial charge < -0.3 is 9.64 Å². The van der Waals surface area contributed by atoms with Gasteiger partial charge in [0.2, 0.25) is 0 Å². The lowest BCUT2D eigenvalue weighted by molar-refractivity contribution is -0.134. The molecule has 6 nitrogen and oxygen atoms in total. The quantitative estimate of drug-likeness (QED) is 0.785. The average Bonchev–Trinajstić information content (AvgIpc) is 2.58. The number of pyridine rings is 1. The van der Waals surface area contributed by atoms with Crippen LogP contribution in [0.15, 0.2) is 36.2 Å². The van der Waals surface area contributed by atoms with Crippen molar-refractivity contribution in [3.05, 3.63) is 41.7 Å². The van der Waals surface area contributed by atoms with E-state index >= 15 is 0 Å². The number of hydrogen-bond acceptors (Lipinski definition) is 5. The van der Waals surface area contributed by atoms with Crippen molar-refractivity contribution in [3.63, 3.8) is 0 Å². The standard InChI is InChI=1S/C18H19N3O3/c1-17(2)11-18(8-14(9-19)15(17)22)12-21(6-7-24-18)16(23)13-4-3-5-20-10-13/h3-5,8,10H,6-7,11-12H2,1-2H3. The van der Waals surface area contributed by atoms with E-state index in [0.29, 0.717) is 31.7 Å². The Hall–Kier alpha value is -2.52. The molecule has 1 fully saturated rings. The van der Waals surface area contributed by atoms with Gasteiger partial charge >= 0.3 is 0 Å². The zero-order valence-electron chi connectivity index (χ0n) is 13.8. The van der Waals surface area contributed by atoms with Gasteiger partial charge in [-0.3, -0.25) is 14.6 Å². The van der Waals surface area contributed by atoms with Crippen LogP contribution in [0, 0.1) is 16.7 Å². The van der Waals surface area contributed by atoms with Crippen molar-refractivity contribution in [2.75, 3.05) is 19.7 Å². The monoisotopic (exact) mass is 325 g/mol. The molecule has 1 atom stereocenters. The summed E-state index contributed by atoms with van der Waals surface area (Å²) in [5.41, 5.74) is -0.856. The number of aromatic nitrogens is 1. The minimum absolute atomic E-state index is 0.113. The lowest BCUT2D eigenvalue weighted by atomic mass is 9.69. The largest absolute Gasteiger partial charge is 0.367 e. The highest BCUT2D eigenvalue weighted by Crippen LogP contribution is 2.41. The highest BCUT2D eigenvalue weighted by Gasteiger charge is 2.48. The number of rotatable bonds is 1. The predicted molar refractivity (Wildman–Crippen MR) is 85.9 cm³/mol. The fourth-order valence-corrected chi connectivity index (χ4v) is 3.50. The van der Waals surface area contributed by atoms with Crippen molar-refractivity contribution in [2.45, 2.75) is 25.9 Å². The second-order valence-corrected chi connectivity index (χ2v) is 6.94. The van der Waals surface area contributed by atoms with Gasteiger partial charge in [-0.1, -0.05) is 13.8 Å². The molecule has 1 aliphatic heterocycles. The van der Waals surface area contributed by atoms with E-state index in [0.717, 1.165) is 0 Å². The normalized spacial score (nSPS) is 26.0. The van der Waals surface area contributed by atoms with Crippen LogP contribution in [0.3, 0.4) is 0 Å². The first-order valence-electron chi connectivity index (χ1n) is 7.88. The molecule has 1 saturated heterocycles. The first-order valence-corrected chi connectivity index (χ1v) is 7.88. The van der Waals surface area contributed by atoms with Gasteiger partial charge in [0.25, 0.3) is 5.91 Å². The molecule has 124 valence electrons. The van der Waals surface area contributed by atoms with Crippen molar-refractivity contribution in [1.82, 2.24) is 9.88 Å². The van der Waals surface area contributed by atoms with Crippen LogP contribution in [-0.4, -0.2) is 46.9 Å². The second-order valence-electron chi connectivity index (χ2n) is 6.94. The van der Waals surface area contributed by atoms with E-state index in [4.69, 9.17) is 4.74 Å². The molecule has 3 rings (SSSR count). The molecule has 0 aromatic carbocycles. The summed E-state index contributed by atoms with van der Waals surface area (Å²) in [7, 11) is 0. The number of nitrogens with zero attached hydrogens (tertiary/aromatic N) is 3. The van der Waals surface area contributed by atoms with E-state index in [1.807, 2.05) is 19.9 Å². The van der Waals surface area contributed by atoms with Gasteiger partial charge in [0.05, 0.1) is 24.3 Å². The summed E-state index contributed by atoms with van der Waals surface area (Å²) < 4.78 is 5.95. The minimum Gasteiger partial charge on any atom is -0.367 e. The van der Waals surface area contributed by atoms with Gasteiger partial charge in [0.15, 0.2) is 5.78 Å². The van der Waals surface area contributed by atoms with Crippen LogP contribution in [0.25, 0.3) is 0 Å². The van der Waals surface area contributed by atoms with Crippen LogP contribution in [-0.2, 0) is 9.53 Å². The van der Waals surface area contributed by atoms with Crippen LogP contribution >= 0.6 is 0 Å². The Morgan fingerprint density at radius 3 is 2.92 bits per heavy atom. The summed E-state index contributed by atoms with van der Waals surface area (Å²) in [6.45, 7) is 4.78. The van der Waals surface area contributed by atoms with Gasteiger partial charge in [-0.25, -0.2) is 0 Å². The number of Topliss-reactive ketones (excluding diaryl/α,β-unsaturated/α-hetero) is 1. The van der Waals surface area contributed by atoms with Crippen molar-refractivity contribution in [3.8, 4) is 6.07 Å². The van der Waals surface area contributed by atoms with E-state index in [2.05, 4.69) is 4.98 Å². The Kier molecular flexibility index (Phi) is 3.98. The lowest BCUT2D eigenvalue weighted by Gasteiger charge is -2.46. The minimum atomic E-state index is -0.793. The van der Waals surface area contributed by atoms with E-state index in [1.54, 1.807) is 29.3 Å². The molecule has 0 bridgehead atoms. The van der Waals surface area contributed by atoms with E-state index in [1.165, 1.54) is 6.20 Å². The SMILES string of the molecule is CC1(C)CC2(C=C(C#N)C1=O)CN(C(=O)c1cccnc1)CCO2. The summed E-state index contributed by atoms with van der Waals surface area (Å²) in [4.78, 5) is 30.7. The van der Waals surface area contributed by atoms with Crippen molar-refractivity contribution in [1.29, 1.82) is 5.26 Å². The van der Waals surface area contributed by atoms with Gasteiger partial charge in [-0.05, 0) is 24.6 Å². The van der Waals surface area contributed by atoms with Crippen molar-refractivity contribution < 1.29 is 14.3 Å².